The van der Waals surface area contributed by atoms with E-state index in [1.165, 1.54) is 11.3 Å². The Bertz CT molecular complexity index is 312. The molecule has 0 radical (unpaired) electrons. The molecule has 0 aliphatic heterocycles. The number of aliphatic hydroxyl groups is 1. The molecule has 0 unspecified atom stereocenters. The van der Waals surface area contributed by atoms with Gasteiger partial charge in [-0.25, -0.2) is 0 Å². The standard InChI is InChI=1S/C6H8N2O2S/c1-8-2-3-11-6(8)7-5(10)4-9/h2-3,9H,4H2,1H3. The smallest absolute Gasteiger partial charge is 0.274 e. The van der Waals surface area contributed by atoms with Gasteiger partial charge in [0.25, 0.3) is 5.91 Å². The van der Waals surface area contributed by atoms with Crippen LogP contribution in [-0.2, 0) is 11.8 Å². The third-order valence-electron chi connectivity index (χ3n) is 1.12. The lowest BCUT2D eigenvalue weighted by Gasteiger charge is -1.87. The number of hydrogen-bond donors (Lipinski definition) is 1. The summed E-state index contributed by atoms with van der Waals surface area (Å²) in [5.74, 6) is -0.511. The van der Waals surface area contributed by atoms with Crippen LogP contribution in [0.3, 0.4) is 0 Å². The third-order valence-corrected chi connectivity index (χ3v) is 1.96. The van der Waals surface area contributed by atoms with E-state index in [-0.39, 0.29) is 0 Å². The summed E-state index contributed by atoms with van der Waals surface area (Å²) in [6.45, 7) is -0.530. The van der Waals surface area contributed by atoms with E-state index in [9.17, 15) is 4.79 Å². The summed E-state index contributed by atoms with van der Waals surface area (Å²) >= 11 is 1.36. The number of aryl methyl sites for hydroxylation is 1. The van der Waals surface area contributed by atoms with Crippen molar-refractivity contribution in [3.63, 3.8) is 0 Å². The number of thiazole rings is 1. The topological polar surface area (TPSA) is 54.6 Å². The Morgan fingerprint density at radius 1 is 1.91 bits per heavy atom. The number of aliphatic hydroxyl groups excluding tert-OH is 1. The zero-order valence-electron chi connectivity index (χ0n) is 6.02. The van der Waals surface area contributed by atoms with Crippen LogP contribution in [0, 0.1) is 0 Å². The molecule has 1 rings (SSSR count). The van der Waals surface area contributed by atoms with Crippen LogP contribution < -0.4 is 4.80 Å². The van der Waals surface area contributed by atoms with Crippen molar-refractivity contribution in [2.75, 3.05) is 6.61 Å². The van der Waals surface area contributed by atoms with Crippen LogP contribution in [0.15, 0.2) is 16.6 Å². The van der Waals surface area contributed by atoms with E-state index in [1.807, 2.05) is 5.38 Å². The Morgan fingerprint density at radius 2 is 2.64 bits per heavy atom. The molecule has 0 saturated heterocycles. The summed E-state index contributed by atoms with van der Waals surface area (Å²) in [4.78, 5) is 14.8. The predicted molar refractivity (Wildman–Crippen MR) is 40.9 cm³/mol. The summed E-state index contributed by atoms with van der Waals surface area (Å²) in [6, 6.07) is 0. The quantitative estimate of drug-likeness (QED) is 0.621. The second kappa shape index (κ2) is 3.45. The molecular weight excluding hydrogens is 164 g/mol. The van der Waals surface area contributed by atoms with Crippen LogP contribution in [0.4, 0.5) is 0 Å². The van der Waals surface area contributed by atoms with E-state index in [0.29, 0.717) is 4.80 Å². The van der Waals surface area contributed by atoms with Crippen molar-refractivity contribution in [2.45, 2.75) is 0 Å². The lowest BCUT2D eigenvalue weighted by Crippen LogP contribution is -2.13. The van der Waals surface area contributed by atoms with Crippen LogP contribution >= 0.6 is 11.3 Å². The number of rotatable bonds is 1. The Balaban J connectivity index is 3.00. The molecule has 5 heteroatoms. The molecule has 60 valence electrons. The van der Waals surface area contributed by atoms with E-state index in [4.69, 9.17) is 5.11 Å². The summed E-state index contributed by atoms with van der Waals surface area (Å²) in [5.41, 5.74) is 0. The molecule has 0 spiro atoms. The molecule has 0 saturated carbocycles. The van der Waals surface area contributed by atoms with E-state index in [2.05, 4.69) is 4.99 Å². The van der Waals surface area contributed by atoms with Gasteiger partial charge in [0, 0.05) is 18.6 Å². The van der Waals surface area contributed by atoms with Gasteiger partial charge in [-0.3, -0.25) is 4.79 Å². The van der Waals surface area contributed by atoms with Crippen LogP contribution in [0.2, 0.25) is 0 Å². The first-order valence-corrected chi connectivity index (χ1v) is 3.90. The molecular formula is C6H8N2O2S. The maximum Gasteiger partial charge on any atom is 0.274 e. The molecule has 1 heterocycles. The molecule has 0 fully saturated rings. The summed E-state index contributed by atoms with van der Waals surface area (Å²) in [6.07, 6.45) is 1.80. The average molecular weight is 172 g/mol. The van der Waals surface area contributed by atoms with Crippen molar-refractivity contribution in [1.82, 2.24) is 4.57 Å². The van der Waals surface area contributed by atoms with Crippen molar-refractivity contribution < 1.29 is 9.90 Å². The average Bonchev–Trinajstić information content (AvgIpc) is 2.37. The lowest BCUT2D eigenvalue weighted by atomic mass is 10.7. The van der Waals surface area contributed by atoms with Crippen LogP contribution in [0.5, 0.6) is 0 Å². The van der Waals surface area contributed by atoms with Gasteiger partial charge in [-0.15, -0.1) is 11.3 Å². The minimum absolute atomic E-state index is 0.511. The maximum absolute atomic E-state index is 10.6. The van der Waals surface area contributed by atoms with Gasteiger partial charge in [0.2, 0.25) is 0 Å². The Morgan fingerprint density at radius 3 is 3.09 bits per heavy atom. The van der Waals surface area contributed by atoms with Gasteiger partial charge in [-0.05, 0) is 0 Å². The van der Waals surface area contributed by atoms with E-state index >= 15 is 0 Å². The van der Waals surface area contributed by atoms with Crippen molar-refractivity contribution in [1.29, 1.82) is 0 Å². The molecule has 0 aromatic carbocycles. The minimum Gasteiger partial charge on any atom is -0.386 e. The number of carbonyl (C=O) groups is 1. The molecule has 11 heavy (non-hydrogen) atoms. The molecule has 4 nitrogen and oxygen atoms in total. The number of carbonyl (C=O) groups excluding carboxylic acids is 1. The fourth-order valence-electron chi connectivity index (χ4n) is 0.577. The number of aromatic nitrogens is 1. The molecule has 1 aromatic heterocycles. The van der Waals surface area contributed by atoms with Gasteiger partial charge in [0.1, 0.15) is 6.61 Å². The first-order valence-electron chi connectivity index (χ1n) is 3.02. The highest BCUT2D eigenvalue weighted by Gasteiger charge is 1.94. The summed E-state index contributed by atoms with van der Waals surface area (Å²) < 4.78 is 1.72. The SMILES string of the molecule is Cn1ccsc1=NC(=O)CO. The summed E-state index contributed by atoms with van der Waals surface area (Å²) in [7, 11) is 1.79. The van der Waals surface area contributed by atoms with E-state index in [0.717, 1.165) is 0 Å². The highest BCUT2D eigenvalue weighted by atomic mass is 32.1. The van der Waals surface area contributed by atoms with Crippen molar-refractivity contribution in [2.24, 2.45) is 12.0 Å². The Hall–Kier alpha value is -0.940. The van der Waals surface area contributed by atoms with Crippen LogP contribution in [0.25, 0.3) is 0 Å². The third kappa shape index (κ3) is 1.99. The largest absolute Gasteiger partial charge is 0.386 e. The molecule has 1 aromatic rings. The number of hydrogen-bond acceptors (Lipinski definition) is 3. The van der Waals surface area contributed by atoms with Gasteiger partial charge in [0.05, 0.1) is 0 Å². The van der Waals surface area contributed by atoms with Gasteiger partial charge in [0.15, 0.2) is 4.80 Å². The molecule has 1 N–H and O–H groups in total. The van der Waals surface area contributed by atoms with Crippen LogP contribution in [0.1, 0.15) is 0 Å². The van der Waals surface area contributed by atoms with Gasteiger partial charge >= 0.3 is 0 Å². The van der Waals surface area contributed by atoms with E-state index < -0.39 is 12.5 Å². The fourth-order valence-corrected chi connectivity index (χ4v) is 1.32. The zero-order valence-corrected chi connectivity index (χ0v) is 6.84. The second-order valence-corrected chi connectivity index (χ2v) is 2.83. The fraction of sp³-hybridized carbons (Fsp3) is 0.333. The highest BCUT2D eigenvalue weighted by molar-refractivity contribution is 7.07. The first-order chi connectivity index (χ1) is 5.24. The van der Waals surface area contributed by atoms with Crippen molar-refractivity contribution in [3.05, 3.63) is 16.4 Å². The van der Waals surface area contributed by atoms with Crippen LogP contribution in [-0.4, -0.2) is 22.2 Å². The lowest BCUT2D eigenvalue weighted by molar-refractivity contribution is -0.120. The Kier molecular flexibility index (Phi) is 2.56. The predicted octanol–water partition coefficient (Wildman–Crippen LogP) is -0.494. The summed E-state index contributed by atoms with van der Waals surface area (Å²) in [5, 5.41) is 10.2. The highest BCUT2D eigenvalue weighted by Crippen LogP contribution is 1.85. The normalized spacial score (nSPS) is 12.0. The van der Waals surface area contributed by atoms with Crippen molar-refractivity contribution in [3.8, 4) is 0 Å². The van der Waals surface area contributed by atoms with E-state index in [1.54, 1.807) is 17.8 Å². The van der Waals surface area contributed by atoms with Gasteiger partial charge in [-0.2, -0.15) is 4.99 Å². The minimum atomic E-state index is -0.530. The molecule has 0 bridgehead atoms. The molecule has 0 aliphatic carbocycles. The molecule has 0 aliphatic rings. The number of amides is 1. The van der Waals surface area contributed by atoms with Gasteiger partial charge in [-0.1, -0.05) is 0 Å². The monoisotopic (exact) mass is 172 g/mol. The second-order valence-electron chi connectivity index (χ2n) is 1.96. The first kappa shape index (κ1) is 8.16. The number of nitrogens with zero attached hydrogens (tertiary/aromatic N) is 2. The Labute approximate surface area is 67.4 Å². The maximum atomic E-state index is 10.6. The van der Waals surface area contributed by atoms with Crippen molar-refractivity contribution >= 4 is 17.2 Å². The molecule has 0 atom stereocenters. The van der Waals surface area contributed by atoms with Gasteiger partial charge < -0.3 is 9.67 Å². The molecule has 1 amide bonds. The zero-order chi connectivity index (χ0) is 8.27.